The fourth-order valence-electron chi connectivity index (χ4n) is 4.01. The quantitative estimate of drug-likeness (QED) is 0.0873. The van der Waals surface area contributed by atoms with Gasteiger partial charge in [-0.1, -0.05) is 23.2 Å². The van der Waals surface area contributed by atoms with Gasteiger partial charge >= 0.3 is 0 Å². The average molecular weight is 626 g/mol. The zero-order valence-corrected chi connectivity index (χ0v) is 24.7. The van der Waals surface area contributed by atoms with E-state index in [1.807, 2.05) is 24.1 Å². The fourth-order valence-corrected chi connectivity index (χ4v) is 4.56. The molecule has 13 nitrogen and oxygen atoms in total. The summed E-state index contributed by atoms with van der Waals surface area (Å²) in [6.45, 7) is 0.993. The Morgan fingerprint density at radius 2 is 1.40 bits per heavy atom. The van der Waals surface area contributed by atoms with Crippen LogP contribution < -0.4 is 14.4 Å². The number of carbonyl (C=O) groups excluding carboxylic acids is 2. The normalized spacial score (nSPS) is 13.0. The smallest absolute Gasteiger partial charge is 0.272 e. The maximum absolute atomic E-state index is 11.7. The molecule has 0 N–H and O–H groups in total. The van der Waals surface area contributed by atoms with E-state index < -0.39 is 4.92 Å². The molecule has 0 aliphatic carbocycles. The largest absolute Gasteiger partial charge is 0.494 e. The number of nitrogens with zero attached hydrogens (tertiary/aromatic N) is 7. The van der Waals surface area contributed by atoms with Gasteiger partial charge in [0, 0.05) is 62.2 Å². The molecule has 222 valence electrons. The molecule has 0 spiro atoms. The molecule has 1 heterocycles. The Morgan fingerprint density at radius 3 is 1.91 bits per heavy atom. The first-order valence-corrected chi connectivity index (χ1v) is 13.4. The molecule has 0 radical (unpaired) electrons. The summed E-state index contributed by atoms with van der Waals surface area (Å²) in [7, 11) is 4.82. The second-order valence-corrected chi connectivity index (χ2v) is 9.88. The number of anilines is 1. The number of rotatable bonds is 12. The van der Waals surface area contributed by atoms with E-state index in [1.54, 1.807) is 24.3 Å². The second kappa shape index (κ2) is 13.9. The van der Waals surface area contributed by atoms with Crippen molar-refractivity contribution in [3.8, 4) is 11.5 Å². The lowest BCUT2D eigenvalue weighted by atomic mass is 10.2. The summed E-state index contributed by atoms with van der Waals surface area (Å²) in [5.41, 5.74) is 1.94. The molecule has 0 unspecified atom stereocenters. The SMILES string of the molecule is COc1cc(N=Nc2c(Cl)cc([N+](=O)[O-])cc2Cl)c(OC)cc1N=Nc1ccc(N(C)CCCN2C(=O)C=CC2=O)cc1. The van der Waals surface area contributed by atoms with Gasteiger partial charge in [-0.25, -0.2) is 0 Å². The number of non-ortho nitro benzene ring substituents is 1. The third-order valence-corrected chi connectivity index (χ3v) is 6.87. The van der Waals surface area contributed by atoms with E-state index in [0.717, 1.165) is 17.8 Å². The highest BCUT2D eigenvalue weighted by Gasteiger charge is 2.22. The predicted octanol–water partition coefficient (Wildman–Crippen LogP) is 7.50. The van der Waals surface area contributed by atoms with Crippen molar-refractivity contribution in [3.63, 3.8) is 0 Å². The molecular formula is C28H25Cl2N7O6. The molecule has 43 heavy (non-hydrogen) atoms. The van der Waals surface area contributed by atoms with E-state index in [4.69, 9.17) is 32.7 Å². The lowest BCUT2D eigenvalue weighted by Gasteiger charge is -2.21. The number of nitro benzene ring substituents is 1. The molecular weight excluding hydrogens is 601 g/mol. The van der Waals surface area contributed by atoms with Crippen LogP contribution in [0.25, 0.3) is 0 Å². The number of ether oxygens (including phenoxy) is 2. The van der Waals surface area contributed by atoms with Crippen molar-refractivity contribution in [3.05, 3.63) is 80.8 Å². The first-order chi connectivity index (χ1) is 20.6. The Kier molecular flexibility index (Phi) is 10.0. The van der Waals surface area contributed by atoms with Crippen molar-refractivity contribution in [1.82, 2.24) is 4.90 Å². The molecule has 3 aromatic rings. The standard InChI is InChI=1S/C28H25Cl2N7O6/c1-35(11-4-12-36-26(38)9-10-27(36)39)18-7-5-17(6-8-18)31-32-22-15-25(43-3)23(16-24(22)42-2)33-34-28-20(29)13-19(37(40)41)14-21(28)30/h5-10,13-16H,4,11-12H2,1-3H3. The van der Waals surface area contributed by atoms with Crippen LogP contribution in [0, 0.1) is 10.1 Å². The zero-order chi connectivity index (χ0) is 31.1. The number of benzene rings is 3. The van der Waals surface area contributed by atoms with E-state index in [1.165, 1.54) is 31.3 Å². The molecule has 1 aliphatic rings. The highest BCUT2D eigenvalue weighted by Crippen LogP contribution is 2.43. The number of azo groups is 2. The second-order valence-electron chi connectivity index (χ2n) is 9.06. The zero-order valence-electron chi connectivity index (χ0n) is 23.2. The molecule has 0 bridgehead atoms. The number of amides is 2. The van der Waals surface area contributed by atoms with Crippen LogP contribution in [-0.4, -0.2) is 56.0 Å². The van der Waals surface area contributed by atoms with E-state index >= 15 is 0 Å². The maximum atomic E-state index is 11.7. The van der Waals surface area contributed by atoms with Crippen molar-refractivity contribution in [1.29, 1.82) is 0 Å². The average Bonchev–Trinajstić information content (AvgIpc) is 3.31. The highest BCUT2D eigenvalue weighted by molar-refractivity contribution is 6.39. The van der Waals surface area contributed by atoms with Crippen molar-refractivity contribution in [2.24, 2.45) is 20.5 Å². The van der Waals surface area contributed by atoms with Gasteiger partial charge in [-0.15, -0.1) is 15.3 Å². The first kappa shape index (κ1) is 31.1. The summed E-state index contributed by atoms with van der Waals surface area (Å²) < 4.78 is 10.9. The van der Waals surface area contributed by atoms with Crippen LogP contribution in [0.2, 0.25) is 10.0 Å². The summed E-state index contributed by atoms with van der Waals surface area (Å²) in [6.07, 6.45) is 3.19. The minimum Gasteiger partial charge on any atom is -0.494 e. The summed E-state index contributed by atoms with van der Waals surface area (Å²) in [4.78, 5) is 37.0. The summed E-state index contributed by atoms with van der Waals surface area (Å²) in [6, 6.07) is 12.8. The molecule has 15 heteroatoms. The van der Waals surface area contributed by atoms with Crippen LogP contribution >= 0.6 is 23.2 Å². The third kappa shape index (κ3) is 7.50. The molecule has 2 amide bonds. The monoisotopic (exact) mass is 625 g/mol. The summed E-state index contributed by atoms with van der Waals surface area (Å²) in [5, 5.41) is 27.8. The minimum atomic E-state index is -0.613. The van der Waals surface area contributed by atoms with E-state index in [2.05, 4.69) is 20.5 Å². The van der Waals surface area contributed by atoms with Crippen molar-refractivity contribution < 1.29 is 24.0 Å². The molecule has 3 aromatic carbocycles. The van der Waals surface area contributed by atoms with Crippen LogP contribution in [0.4, 0.5) is 34.1 Å². The van der Waals surface area contributed by atoms with Crippen LogP contribution in [0.3, 0.4) is 0 Å². The lowest BCUT2D eigenvalue weighted by molar-refractivity contribution is -0.384. The number of hydrogen-bond acceptors (Lipinski definition) is 11. The van der Waals surface area contributed by atoms with Crippen LogP contribution in [0.5, 0.6) is 11.5 Å². The Hall–Kier alpha value is -4.88. The van der Waals surface area contributed by atoms with Gasteiger partial charge in [0.05, 0.1) is 34.9 Å². The van der Waals surface area contributed by atoms with Gasteiger partial charge in [0.1, 0.15) is 28.6 Å². The molecule has 4 rings (SSSR count). The Morgan fingerprint density at radius 1 is 0.860 bits per heavy atom. The van der Waals surface area contributed by atoms with Crippen molar-refractivity contribution in [2.75, 3.05) is 39.3 Å². The Bertz CT molecular complexity index is 1600. The molecule has 1 aliphatic heterocycles. The minimum absolute atomic E-state index is 0.0378. The molecule has 0 saturated heterocycles. The number of nitro groups is 1. The number of imide groups is 1. The Labute approximate surface area is 256 Å². The van der Waals surface area contributed by atoms with Gasteiger partial charge in [0.2, 0.25) is 0 Å². The highest BCUT2D eigenvalue weighted by atomic mass is 35.5. The topological polar surface area (TPSA) is 152 Å². The van der Waals surface area contributed by atoms with Gasteiger partial charge in [-0.05, 0) is 30.7 Å². The molecule has 0 saturated carbocycles. The fraction of sp³-hybridized carbons (Fsp3) is 0.214. The molecule has 0 fully saturated rings. The predicted molar refractivity (Wildman–Crippen MR) is 161 cm³/mol. The van der Waals surface area contributed by atoms with Gasteiger partial charge in [-0.3, -0.25) is 24.6 Å². The van der Waals surface area contributed by atoms with Gasteiger partial charge in [0.25, 0.3) is 17.5 Å². The lowest BCUT2D eigenvalue weighted by Crippen LogP contribution is -2.33. The summed E-state index contributed by atoms with van der Waals surface area (Å²) in [5.74, 6) is 0.0686. The van der Waals surface area contributed by atoms with Gasteiger partial charge < -0.3 is 14.4 Å². The molecule has 0 atom stereocenters. The third-order valence-electron chi connectivity index (χ3n) is 6.29. The van der Waals surface area contributed by atoms with Crippen molar-refractivity contribution in [2.45, 2.75) is 6.42 Å². The molecule has 0 aromatic heterocycles. The van der Waals surface area contributed by atoms with E-state index in [0.29, 0.717) is 42.4 Å². The van der Waals surface area contributed by atoms with Crippen molar-refractivity contribution >= 4 is 69.1 Å². The number of carbonyl (C=O) groups is 2. The number of methoxy groups -OCH3 is 2. The van der Waals surface area contributed by atoms with E-state index in [9.17, 15) is 19.7 Å². The van der Waals surface area contributed by atoms with E-state index in [-0.39, 0.29) is 38.9 Å². The van der Waals surface area contributed by atoms with Crippen LogP contribution in [0.1, 0.15) is 6.42 Å². The van der Waals surface area contributed by atoms with Crippen LogP contribution in [0.15, 0.2) is 81.1 Å². The summed E-state index contributed by atoms with van der Waals surface area (Å²) >= 11 is 12.3. The number of halogens is 2. The Balaban J connectivity index is 1.45. The van der Waals surface area contributed by atoms with Crippen LogP contribution in [-0.2, 0) is 9.59 Å². The first-order valence-electron chi connectivity index (χ1n) is 12.7. The number of hydrogen-bond donors (Lipinski definition) is 0. The van der Waals surface area contributed by atoms with Gasteiger partial charge in [-0.2, -0.15) is 5.11 Å². The van der Waals surface area contributed by atoms with Gasteiger partial charge in [0.15, 0.2) is 0 Å². The maximum Gasteiger partial charge on any atom is 0.272 e.